The van der Waals surface area contributed by atoms with Crippen LogP contribution in [0.15, 0.2) is 53.6 Å². The van der Waals surface area contributed by atoms with E-state index in [-0.39, 0.29) is 18.3 Å². The fourth-order valence-corrected chi connectivity index (χ4v) is 1.93. The van der Waals surface area contributed by atoms with Crippen LogP contribution in [0.3, 0.4) is 0 Å². The van der Waals surface area contributed by atoms with Crippen molar-refractivity contribution in [2.24, 2.45) is 5.10 Å². The summed E-state index contributed by atoms with van der Waals surface area (Å²) >= 11 is 0. The largest absolute Gasteiger partial charge is 0.271 e. The topological polar surface area (TPSA) is 72.2 Å². The van der Waals surface area contributed by atoms with Crippen LogP contribution in [0.4, 0.5) is 4.39 Å². The minimum atomic E-state index is -0.325. The van der Waals surface area contributed by atoms with Gasteiger partial charge in [-0.3, -0.25) is 4.79 Å². The van der Waals surface area contributed by atoms with Crippen LogP contribution in [-0.4, -0.2) is 27.1 Å². The second-order valence-electron chi connectivity index (χ2n) is 4.58. The van der Waals surface area contributed by atoms with Gasteiger partial charge in [-0.1, -0.05) is 29.5 Å². The summed E-state index contributed by atoms with van der Waals surface area (Å²) in [5.41, 5.74) is 4.59. The standard InChI is InChI=1S/C15H12FN5O/c16-12-7-5-11(6-8-12)9-17-19-15(22)10-21-14-4-2-1-3-13(14)18-20-21/h1-9H,10H2,(H,19,22)/b17-9-. The number of fused-ring (bicyclic) bond motifs is 1. The second kappa shape index (κ2) is 6.13. The van der Waals surface area contributed by atoms with Crippen LogP contribution in [-0.2, 0) is 11.3 Å². The van der Waals surface area contributed by atoms with Crippen molar-refractivity contribution in [3.63, 3.8) is 0 Å². The average Bonchev–Trinajstić information content (AvgIpc) is 2.93. The molecule has 3 rings (SSSR count). The highest BCUT2D eigenvalue weighted by atomic mass is 19.1. The predicted molar refractivity (Wildman–Crippen MR) is 79.7 cm³/mol. The molecule has 1 N–H and O–H groups in total. The van der Waals surface area contributed by atoms with E-state index in [0.29, 0.717) is 5.56 Å². The third kappa shape index (κ3) is 3.14. The number of carbonyl (C=O) groups is 1. The zero-order chi connectivity index (χ0) is 15.4. The van der Waals surface area contributed by atoms with Gasteiger partial charge in [0.1, 0.15) is 17.9 Å². The van der Waals surface area contributed by atoms with Crippen molar-refractivity contribution in [3.8, 4) is 0 Å². The molecule has 2 aromatic carbocycles. The van der Waals surface area contributed by atoms with E-state index in [1.54, 1.807) is 12.1 Å². The molecule has 0 bridgehead atoms. The minimum absolute atomic E-state index is 0.0151. The SMILES string of the molecule is O=C(Cn1nnc2ccccc21)N/N=C\c1ccc(F)cc1. The first-order valence-electron chi connectivity index (χ1n) is 6.58. The number of nitrogens with zero attached hydrogens (tertiary/aromatic N) is 4. The van der Waals surface area contributed by atoms with Crippen molar-refractivity contribution in [3.05, 3.63) is 59.9 Å². The quantitative estimate of drug-likeness (QED) is 0.588. The van der Waals surface area contributed by atoms with E-state index in [9.17, 15) is 9.18 Å². The van der Waals surface area contributed by atoms with Crippen LogP contribution in [0.1, 0.15) is 5.56 Å². The highest BCUT2D eigenvalue weighted by molar-refractivity contribution is 5.83. The summed E-state index contributed by atoms with van der Waals surface area (Å²) in [4.78, 5) is 11.8. The summed E-state index contributed by atoms with van der Waals surface area (Å²) in [5.74, 6) is -0.645. The van der Waals surface area contributed by atoms with Crippen molar-refractivity contribution in [2.75, 3.05) is 0 Å². The monoisotopic (exact) mass is 297 g/mol. The Labute approximate surface area is 125 Å². The molecule has 0 radical (unpaired) electrons. The average molecular weight is 297 g/mol. The Hall–Kier alpha value is -3.09. The van der Waals surface area contributed by atoms with Crippen molar-refractivity contribution < 1.29 is 9.18 Å². The molecule has 0 saturated heterocycles. The van der Waals surface area contributed by atoms with Gasteiger partial charge in [-0.25, -0.2) is 14.5 Å². The van der Waals surface area contributed by atoms with Gasteiger partial charge in [0, 0.05) is 0 Å². The van der Waals surface area contributed by atoms with Crippen LogP contribution in [0.25, 0.3) is 11.0 Å². The fourth-order valence-electron chi connectivity index (χ4n) is 1.93. The molecule has 1 heterocycles. The summed E-state index contributed by atoms with van der Waals surface area (Å²) in [6.07, 6.45) is 1.44. The Balaban J connectivity index is 1.62. The van der Waals surface area contributed by atoms with E-state index in [1.807, 2.05) is 24.3 Å². The molecule has 1 amide bonds. The Kier molecular flexibility index (Phi) is 3.86. The summed E-state index contributed by atoms with van der Waals surface area (Å²) in [7, 11) is 0. The van der Waals surface area contributed by atoms with Gasteiger partial charge in [0.15, 0.2) is 0 Å². The normalized spacial score (nSPS) is 11.1. The summed E-state index contributed by atoms with van der Waals surface area (Å²) in [6, 6.07) is 13.1. The minimum Gasteiger partial charge on any atom is -0.271 e. The third-order valence-electron chi connectivity index (χ3n) is 2.99. The Bertz CT molecular complexity index is 825. The van der Waals surface area contributed by atoms with E-state index in [2.05, 4.69) is 20.8 Å². The number of carbonyl (C=O) groups excluding carboxylic acids is 1. The van der Waals surface area contributed by atoms with Gasteiger partial charge < -0.3 is 0 Å². The number of benzene rings is 2. The zero-order valence-electron chi connectivity index (χ0n) is 11.5. The highest BCUT2D eigenvalue weighted by Gasteiger charge is 2.07. The van der Waals surface area contributed by atoms with Gasteiger partial charge >= 0.3 is 0 Å². The molecule has 22 heavy (non-hydrogen) atoms. The predicted octanol–water partition coefficient (Wildman–Crippen LogP) is 1.72. The van der Waals surface area contributed by atoms with Crippen LogP contribution >= 0.6 is 0 Å². The van der Waals surface area contributed by atoms with E-state index in [1.165, 1.54) is 23.0 Å². The molecule has 1 aromatic heterocycles. The Morgan fingerprint density at radius 3 is 2.82 bits per heavy atom. The lowest BCUT2D eigenvalue weighted by atomic mass is 10.2. The number of hydrogen-bond donors (Lipinski definition) is 1. The smallest absolute Gasteiger partial charge is 0.261 e. The lowest BCUT2D eigenvalue weighted by Gasteiger charge is -2.01. The molecule has 0 aliphatic heterocycles. The molecule has 0 spiro atoms. The summed E-state index contributed by atoms with van der Waals surface area (Å²) in [6.45, 7) is 0.0151. The summed E-state index contributed by atoms with van der Waals surface area (Å²) < 4.78 is 14.2. The number of nitrogens with one attached hydrogen (secondary N) is 1. The van der Waals surface area contributed by atoms with Gasteiger partial charge in [0.05, 0.1) is 11.7 Å². The maximum absolute atomic E-state index is 12.7. The molecule has 0 aliphatic carbocycles. The Morgan fingerprint density at radius 2 is 2.00 bits per heavy atom. The maximum Gasteiger partial charge on any atom is 0.261 e. The Morgan fingerprint density at radius 1 is 1.23 bits per heavy atom. The van der Waals surface area contributed by atoms with Crippen LogP contribution in [0.2, 0.25) is 0 Å². The number of hydrazone groups is 1. The second-order valence-corrected chi connectivity index (χ2v) is 4.58. The van der Waals surface area contributed by atoms with E-state index in [0.717, 1.165) is 11.0 Å². The first-order valence-corrected chi connectivity index (χ1v) is 6.58. The molecule has 0 aliphatic rings. The number of amides is 1. The van der Waals surface area contributed by atoms with Crippen molar-refractivity contribution in [1.82, 2.24) is 20.4 Å². The molecule has 3 aromatic rings. The number of rotatable bonds is 4. The molecular formula is C15H12FN5O. The van der Waals surface area contributed by atoms with Gasteiger partial charge in [0.25, 0.3) is 5.91 Å². The lowest BCUT2D eigenvalue weighted by Crippen LogP contribution is -2.23. The molecule has 0 unspecified atom stereocenters. The van der Waals surface area contributed by atoms with Gasteiger partial charge in [0.2, 0.25) is 0 Å². The lowest BCUT2D eigenvalue weighted by molar-refractivity contribution is -0.121. The third-order valence-corrected chi connectivity index (χ3v) is 2.99. The number of halogens is 1. The molecule has 110 valence electrons. The maximum atomic E-state index is 12.7. The van der Waals surface area contributed by atoms with E-state index < -0.39 is 0 Å². The molecule has 0 fully saturated rings. The van der Waals surface area contributed by atoms with Crippen molar-refractivity contribution in [1.29, 1.82) is 0 Å². The molecule has 7 heteroatoms. The number of hydrogen-bond acceptors (Lipinski definition) is 4. The van der Waals surface area contributed by atoms with Crippen molar-refractivity contribution in [2.45, 2.75) is 6.54 Å². The number of para-hydroxylation sites is 1. The first-order chi connectivity index (χ1) is 10.7. The summed E-state index contributed by atoms with van der Waals surface area (Å²) in [5, 5.41) is 11.7. The zero-order valence-corrected chi connectivity index (χ0v) is 11.5. The molecule has 0 saturated carbocycles. The van der Waals surface area contributed by atoms with Gasteiger partial charge in [-0.15, -0.1) is 5.10 Å². The van der Waals surface area contributed by atoms with Crippen LogP contribution in [0.5, 0.6) is 0 Å². The molecular weight excluding hydrogens is 285 g/mol. The van der Waals surface area contributed by atoms with E-state index in [4.69, 9.17) is 0 Å². The van der Waals surface area contributed by atoms with Gasteiger partial charge in [-0.05, 0) is 29.8 Å². The fraction of sp³-hybridized carbons (Fsp3) is 0.0667. The molecule has 0 atom stereocenters. The van der Waals surface area contributed by atoms with Crippen LogP contribution < -0.4 is 5.43 Å². The van der Waals surface area contributed by atoms with Gasteiger partial charge in [-0.2, -0.15) is 5.10 Å². The molecule has 6 nitrogen and oxygen atoms in total. The first kappa shape index (κ1) is 13.9. The van der Waals surface area contributed by atoms with Crippen molar-refractivity contribution >= 4 is 23.2 Å². The highest BCUT2D eigenvalue weighted by Crippen LogP contribution is 2.09. The van der Waals surface area contributed by atoms with Crippen LogP contribution in [0, 0.1) is 5.82 Å². The number of aromatic nitrogens is 3. The van der Waals surface area contributed by atoms with E-state index >= 15 is 0 Å².